The number of aromatic nitrogens is 2. The van der Waals surface area contributed by atoms with E-state index < -0.39 is 6.29 Å². The summed E-state index contributed by atoms with van der Waals surface area (Å²) in [5, 5.41) is 16.2. The molecule has 1 aliphatic rings. The zero-order valence-electron chi connectivity index (χ0n) is 28.5. The average molecular weight is 706 g/mol. The number of aryl methyl sites for hydroxylation is 1. The van der Waals surface area contributed by atoms with Crippen molar-refractivity contribution in [3.05, 3.63) is 132 Å². The first-order valence-electron chi connectivity index (χ1n) is 17.1. The summed E-state index contributed by atoms with van der Waals surface area (Å²) in [6, 6.07) is 31.3. The maximum atomic E-state index is 12.5. The van der Waals surface area contributed by atoms with E-state index in [0.29, 0.717) is 30.8 Å². The molecular weight excluding hydrogens is 663 g/mol. The van der Waals surface area contributed by atoms with Crippen LogP contribution in [0.25, 0.3) is 11.1 Å². The molecule has 1 saturated heterocycles. The fraction of sp³-hybridized carbons (Fsp3) is 0.275. The molecule has 264 valence electrons. The molecule has 11 heteroatoms. The number of benzene rings is 4. The Kier molecular flexibility index (Phi) is 12.2. The molecule has 2 heterocycles. The van der Waals surface area contributed by atoms with Gasteiger partial charge in [-0.05, 0) is 52.4 Å². The van der Waals surface area contributed by atoms with Gasteiger partial charge < -0.3 is 35.5 Å². The number of hydrogen-bond acceptors (Lipinski definition) is 8. The molecule has 0 radical (unpaired) electrons. The number of nitrogens with one attached hydrogen (secondary N) is 2. The van der Waals surface area contributed by atoms with Crippen LogP contribution in [-0.4, -0.2) is 38.3 Å². The smallest absolute Gasteiger partial charge is 0.224 e. The molecule has 10 nitrogen and oxygen atoms in total. The summed E-state index contributed by atoms with van der Waals surface area (Å²) in [6.45, 7) is 0.387. The molecule has 6 rings (SSSR count). The number of para-hydroxylation sites is 2. The summed E-state index contributed by atoms with van der Waals surface area (Å²) in [5.41, 5.74) is 12.8. The number of ether oxygens (including phenoxy) is 2. The van der Waals surface area contributed by atoms with Gasteiger partial charge in [0, 0.05) is 56.6 Å². The molecule has 0 aliphatic carbocycles. The molecule has 1 aliphatic heterocycles. The summed E-state index contributed by atoms with van der Waals surface area (Å²) in [4.78, 5) is 29.3. The van der Waals surface area contributed by atoms with Gasteiger partial charge in [0.15, 0.2) is 11.4 Å². The van der Waals surface area contributed by atoms with Gasteiger partial charge in [0.25, 0.3) is 0 Å². The number of aliphatic hydroxyl groups excluding tert-OH is 1. The molecule has 3 atom stereocenters. The van der Waals surface area contributed by atoms with E-state index in [9.17, 15) is 14.7 Å². The van der Waals surface area contributed by atoms with Crippen molar-refractivity contribution in [2.45, 2.75) is 62.5 Å². The van der Waals surface area contributed by atoms with Gasteiger partial charge in [0.05, 0.1) is 30.2 Å². The first-order chi connectivity index (χ1) is 24.8. The second-order valence-corrected chi connectivity index (χ2v) is 13.6. The van der Waals surface area contributed by atoms with Gasteiger partial charge >= 0.3 is 0 Å². The molecule has 0 saturated carbocycles. The molecule has 2 amide bonds. The molecule has 0 unspecified atom stereocenters. The Hall–Kier alpha value is -4.94. The number of imidazole rings is 1. The topological polar surface area (TPSA) is 141 Å². The molecule has 4 aromatic carbocycles. The minimum atomic E-state index is -0.550. The maximum Gasteiger partial charge on any atom is 0.224 e. The Bertz CT molecular complexity index is 1910. The molecule has 5 aromatic rings. The Labute approximate surface area is 302 Å². The third-order valence-corrected chi connectivity index (χ3v) is 9.96. The number of amides is 2. The van der Waals surface area contributed by atoms with Crippen molar-refractivity contribution in [2.75, 3.05) is 16.8 Å². The Balaban J connectivity index is 1.04. The number of thioether (sulfide) groups is 1. The lowest BCUT2D eigenvalue weighted by atomic mass is 9.99. The lowest BCUT2D eigenvalue weighted by Crippen LogP contribution is -2.31. The van der Waals surface area contributed by atoms with E-state index in [1.165, 1.54) is 0 Å². The van der Waals surface area contributed by atoms with E-state index in [-0.39, 0.29) is 43.5 Å². The monoisotopic (exact) mass is 705 g/mol. The summed E-state index contributed by atoms with van der Waals surface area (Å²) < 4.78 is 15.0. The molecule has 5 N–H and O–H groups in total. The van der Waals surface area contributed by atoms with Crippen LogP contribution in [0.1, 0.15) is 60.3 Å². The number of nitrogens with zero attached hydrogens (tertiary/aromatic N) is 2. The van der Waals surface area contributed by atoms with Crippen LogP contribution in [-0.2, 0) is 39.3 Å². The van der Waals surface area contributed by atoms with E-state index in [1.807, 2.05) is 78.5 Å². The van der Waals surface area contributed by atoms with Crippen LogP contribution >= 0.6 is 11.8 Å². The van der Waals surface area contributed by atoms with Crippen LogP contribution in [0.2, 0.25) is 0 Å². The van der Waals surface area contributed by atoms with Gasteiger partial charge in [-0.25, -0.2) is 4.98 Å². The fourth-order valence-electron chi connectivity index (χ4n) is 5.90. The first-order valence-corrected chi connectivity index (χ1v) is 18.0. The highest BCUT2D eigenvalue weighted by Crippen LogP contribution is 2.39. The number of nitrogen functional groups attached to an aromatic ring is 1. The van der Waals surface area contributed by atoms with Crippen molar-refractivity contribution >= 4 is 35.0 Å². The highest BCUT2D eigenvalue weighted by atomic mass is 32.2. The number of anilines is 2. The van der Waals surface area contributed by atoms with Crippen LogP contribution in [0, 0.1) is 0 Å². The second-order valence-electron chi connectivity index (χ2n) is 12.6. The van der Waals surface area contributed by atoms with Crippen molar-refractivity contribution in [3.63, 3.8) is 0 Å². The summed E-state index contributed by atoms with van der Waals surface area (Å²) in [6.07, 6.45) is 4.57. The predicted molar refractivity (Wildman–Crippen MR) is 199 cm³/mol. The van der Waals surface area contributed by atoms with Gasteiger partial charge in [0.1, 0.15) is 0 Å². The van der Waals surface area contributed by atoms with Gasteiger partial charge in [0.2, 0.25) is 11.8 Å². The molecular formula is C40H43N5O5S. The van der Waals surface area contributed by atoms with E-state index in [1.54, 1.807) is 36.2 Å². The summed E-state index contributed by atoms with van der Waals surface area (Å²) in [5.74, 6) is 0.452. The van der Waals surface area contributed by atoms with Gasteiger partial charge in [-0.15, -0.1) is 0 Å². The number of rotatable bonds is 14. The van der Waals surface area contributed by atoms with Crippen molar-refractivity contribution in [2.24, 2.45) is 7.05 Å². The normalized spacial score (nSPS) is 17.2. The lowest BCUT2D eigenvalue weighted by molar-refractivity contribution is -0.245. The molecule has 1 aromatic heterocycles. The Morgan fingerprint density at radius 3 is 2.41 bits per heavy atom. The maximum absolute atomic E-state index is 12.5. The van der Waals surface area contributed by atoms with Crippen LogP contribution in [0.4, 0.5) is 11.4 Å². The van der Waals surface area contributed by atoms with E-state index in [2.05, 4.69) is 33.8 Å². The molecule has 0 bridgehead atoms. The number of carbonyl (C=O) groups is 2. The number of aliphatic hydroxyl groups is 1. The zero-order valence-corrected chi connectivity index (χ0v) is 29.4. The minimum Gasteiger partial charge on any atom is -0.397 e. The van der Waals surface area contributed by atoms with Crippen LogP contribution in [0.3, 0.4) is 0 Å². The van der Waals surface area contributed by atoms with Crippen LogP contribution < -0.4 is 16.4 Å². The molecule has 51 heavy (non-hydrogen) atoms. The zero-order chi connectivity index (χ0) is 35.6. The van der Waals surface area contributed by atoms with Gasteiger partial charge in [-0.1, -0.05) is 90.6 Å². The SMILES string of the molecule is Cn1ccnc1SC[C@H]1C[C@@H](c2ccc(CO)cc2)O[C@@H](c2ccc(-c3cccc(CNC(=O)CCCC(=O)Nc4ccccc4N)c3)cc2)O1. The minimum absolute atomic E-state index is 0.00163. The van der Waals surface area contributed by atoms with Crippen molar-refractivity contribution in [3.8, 4) is 11.1 Å². The molecule has 0 spiro atoms. The standard InChI is InChI=1S/C40H43N5O5S/c1-45-21-20-42-40(45)51-26-33-23-36(30-14-12-27(25-46)13-15-30)50-39(49-33)31-18-16-29(17-19-31)32-7-4-6-28(22-32)24-43-37(47)10-5-11-38(48)44-35-9-3-2-8-34(35)41/h2-4,6-9,12-22,33,36,39,46H,5,10-11,23-26,41H2,1H3,(H,43,47)(H,44,48)/t33-,36+,39+/m1/s1. The number of hydrogen-bond donors (Lipinski definition) is 4. The van der Waals surface area contributed by atoms with Gasteiger partial charge in [-0.2, -0.15) is 0 Å². The second kappa shape index (κ2) is 17.3. The lowest BCUT2D eigenvalue weighted by Gasteiger charge is -2.36. The Morgan fingerprint density at radius 1 is 0.902 bits per heavy atom. The Morgan fingerprint density at radius 2 is 1.67 bits per heavy atom. The van der Waals surface area contributed by atoms with E-state index in [4.69, 9.17) is 15.2 Å². The average Bonchev–Trinajstić information content (AvgIpc) is 3.58. The third kappa shape index (κ3) is 9.86. The largest absolute Gasteiger partial charge is 0.397 e. The van der Waals surface area contributed by atoms with Crippen LogP contribution in [0.15, 0.2) is 115 Å². The van der Waals surface area contributed by atoms with E-state index in [0.717, 1.165) is 44.3 Å². The summed E-state index contributed by atoms with van der Waals surface area (Å²) >= 11 is 1.66. The predicted octanol–water partition coefficient (Wildman–Crippen LogP) is 6.92. The van der Waals surface area contributed by atoms with Crippen molar-refractivity contribution in [1.29, 1.82) is 0 Å². The quantitative estimate of drug-likeness (QED) is 0.0721. The number of carbonyl (C=O) groups excluding carboxylic acids is 2. The van der Waals surface area contributed by atoms with Crippen molar-refractivity contribution in [1.82, 2.24) is 14.9 Å². The summed E-state index contributed by atoms with van der Waals surface area (Å²) in [7, 11) is 1.98. The first kappa shape index (κ1) is 35.9. The highest BCUT2D eigenvalue weighted by molar-refractivity contribution is 7.99. The fourth-order valence-corrected chi connectivity index (χ4v) is 6.85. The number of nitrogens with two attached hydrogens (primary N) is 1. The molecule has 1 fully saturated rings. The highest BCUT2D eigenvalue weighted by Gasteiger charge is 2.32. The van der Waals surface area contributed by atoms with Gasteiger partial charge in [-0.3, -0.25) is 9.59 Å². The van der Waals surface area contributed by atoms with Crippen LogP contribution in [0.5, 0.6) is 0 Å². The third-order valence-electron chi connectivity index (χ3n) is 8.77. The van der Waals surface area contributed by atoms with Crippen molar-refractivity contribution < 1.29 is 24.2 Å². The van der Waals surface area contributed by atoms with E-state index >= 15 is 0 Å².